The largest absolute Gasteiger partial charge is 0.496 e. The van der Waals surface area contributed by atoms with Crippen LogP contribution >= 0.6 is 55.9 Å². The third-order valence-electron chi connectivity index (χ3n) is 21.8. The summed E-state index contributed by atoms with van der Waals surface area (Å²) < 4.78 is 67.0. The van der Waals surface area contributed by atoms with Crippen molar-refractivity contribution in [1.29, 1.82) is 0 Å². The van der Waals surface area contributed by atoms with Gasteiger partial charge in [-0.25, -0.2) is 5.43 Å². The molecule has 8 N–H and O–H groups in total. The molecule has 5 aliphatic heterocycles. The van der Waals surface area contributed by atoms with E-state index < -0.39 is 138 Å². The molecule has 4 amide bonds. The number of benzene rings is 2. The van der Waals surface area contributed by atoms with Crippen molar-refractivity contribution in [2.45, 2.75) is 267 Å². The van der Waals surface area contributed by atoms with Crippen LogP contribution in [0.2, 0.25) is 0 Å². The molecule has 2 aliphatic carbocycles. The minimum Gasteiger partial charge on any atom is -0.496 e. The summed E-state index contributed by atoms with van der Waals surface area (Å²) in [5.41, 5.74) is 5.72. The number of methoxy groups -OCH3 is 3. The number of halogens is 1. The number of nitrogens with zero attached hydrogens (tertiary/aromatic N) is 2. The molecule has 662 valence electrons. The maximum absolute atomic E-state index is 14.6. The zero-order chi connectivity index (χ0) is 88.2. The summed E-state index contributed by atoms with van der Waals surface area (Å²) in [7, 11) is 6.63. The van der Waals surface area contributed by atoms with Crippen molar-refractivity contribution in [3.05, 3.63) is 97.2 Å². The van der Waals surface area contributed by atoms with Gasteiger partial charge in [0.25, 0.3) is 11.8 Å². The lowest BCUT2D eigenvalue weighted by Gasteiger charge is -2.46. The predicted molar refractivity (Wildman–Crippen MR) is 457 cm³/mol. The summed E-state index contributed by atoms with van der Waals surface area (Å²) in [6, 6.07) is 5.97. The first-order valence-corrected chi connectivity index (χ1v) is 44.8. The Morgan fingerprint density at radius 3 is 2.19 bits per heavy atom. The van der Waals surface area contributed by atoms with E-state index in [1.165, 1.54) is 79.0 Å². The number of ether oxygens (including phenoxy) is 11. The van der Waals surface area contributed by atoms with Crippen molar-refractivity contribution < 1.29 is 126 Å². The highest BCUT2D eigenvalue weighted by molar-refractivity contribution is 14.1. The number of thioether (sulfide) groups is 1. The Labute approximate surface area is 731 Å². The van der Waals surface area contributed by atoms with E-state index in [2.05, 4.69) is 45.0 Å². The van der Waals surface area contributed by atoms with E-state index in [-0.39, 0.29) is 132 Å². The fourth-order valence-corrected chi connectivity index (χ4v) is 19.3. The lowest BCUT2D eigenvalue weighted by molar-refractivity contribution is -0.335. The van der Waals surface area contributed by atoms with Gasteiger partial charge >= 0.3 is 5.97 Å². The molecule has 5 heterocycles. The molecule has 9 rings (SSSR count). The van der Waals surface area contributed by atoms with E-state index >= 15 is 0 Å². The number of rotatable bonds is 40. The molecule has 2 bridgehead atoms. The number of imide groups is 1. The molecule has 4 saturated heterocycles. The van der Waals surface area contributed by atoms with Crippen LogP contribution in [0.15, 0.2) is 76.5 Å². The molecule has 17 unspecified atom stereocenters. The van der Waals surface area contributed by atoms with Crippen molar-refractivity contribution in [2.24, 2.45) is 16.9 Å². The quantitative estimate of drug-likeness (QED) is 0.00467. The number of esters is 1. The molecular weight excluding hydrogens is 1740 g/mol. The second-order valence-corrected chi connectivity index (χ2v) is 36.8. The molecule has 31 nitrogen and oxygen atoms in total. The van der Waals surface area contributed by atoms with Gasteiger partial charge in [0.2, 0.25) is 23.2 Å². The van der Waals surface area contributed by atoms with Crippen molar-refractivity contribution in [1.82, 2.24) is 21.1 Å². The molecule has 35 heteroatoms. The summed E-state index contributed by atoms with van der Waals surface area (Å²) >= 11 is 2.89. The van der Waals surface area contributed by atoms with Gasteiger partial charge in [-0.15, -0.1) is 0 Å². The Balaban J connectivity index is 0.818. The van der Waals surface area contributed by atoms with Gasteiger partial charge in [0, 0.05) is 110 Å². The number of hydrazone groups is 1. The highest BCUT2D eigenvalue weighted by Crippen LogP contribution is 2.47. The third-order valence-corrected chi connectivity index (χ3v) is 27.6. The Morgan fingerprint density at radius 2 is 1.50 bits per heavy atom. The van der Waals surface area contributed by atoms with Crippen LogP contribution in [-0.2, 0) is 81.1 Å². The first-order chi connectivity index (χ1) is 57.5. The molecule has 2 aromatic carbocycles. The van der Waals surface area contributed by atoms with E-state index in [1.54, 1.807) is 71.9 Å². The van der Waals surface area contributed by atoms with Gasteiger partial charge in [0.15, 0.2) is 30.3 Å². The van der Waals surface area contributed by atoms with Crippen LogP contribution in [0.1, 0.15) is 172 Å². The van der Waals surface area contributed by atoms with E-state index in [1.807, 2.05) is 43.4 Å². The van der Waals surface area contributed by atoms with Gasteiger partial charge in [-0.1, -0.05) is 76.5 Å². The predicted octanol–water partition coefficient (Wildman–Crippen LogP) is 7.53. The van der Waals surface area contributed by atoms with Gasteiger partial charge < -0.3 is 87.7 Å². The highest BCUT2D eigenvalue weighted by atomic mass is 127. The molecule has 0 saturated carbocycles. The zero-order valence-electron chi connectivity index (χ0n) is 70.3. The molecule has 0 spiro atoms. The molecular formula is C86H112IN5O26S3. The van der Waals surface area contributed by atoms with Crippen LogP contribution in [0.4, 0.5) is 0 Å². The number of nitrogens with one attached hydrogen (secondary N) is 3. The van der Waals surface area contributed by atoms with Crippen molar-refractivity contribution in [3.63, 3.8) is 0 Å². The SMILES string of the molecule is COC(=O)CC1=C2/C(=C/CSSC(C)(C)CC(=O)N/N=C(\C)c3ccc(OCCCC(=O)NCCCC(=O)CCCCCN4C(=O)C=CC4=O)cc3)[C@](O)(C#C/C=C\C#C[C@@H]2OC2OC(C)C(NOC3CC(O)C(SC(=O)c4c(C)c(I)c(OC5OC(C)C(O)C(OC)C5O)c(C)c4OC)C(C)O3)C(O)C2OC2CC(C)C(CC(C)=O)CO2)CC1=O. The number of Topliss-reactive ketones (excluding diaryl/α,β-unsaturated/α-hetero) is 3. The van der Waals surface area contributed by atoms with Crippen molar-refractivity contribution >= 4 is 114 Å². The normalized spacial score (nSPS) is 29.3. The molecule has 2 aromatic rings. The number of hydroxylamine groups is 1. The molecule has 0 radical (unpaired) electrons. The van der Waals surface area contributed by atoms with Crippen LogP contribution in [0.5, 0.6) is 17.2 Å². The summed E-state index contributed by atoms with van der Waals surface area (Å²) in [6.07, 6.45) is -6.65. The minimum atomic E-state index is -2.18. The molecule has 19 atom stereocenters. The Kier molecular flexibility index (Phi) is 37.0. The van der Waals surface area contributed by atoms with Gasteiger partial charge in [0.05, 0.1) is 90.8 Å². The number of allylic oxidation sites excluding steroid dienone is 2. The summed E-state index contributed by atoms with van der Waals surface area (Å²) in [5.74, 6) is 10.1. The molecule has 7 aliphatic rings. The molecule has 0 aromatic heterocycles. The average molecular weight is 1850 g/mol. The van der Waals surface area contributed by atoms with Crippen LogP contribution < -0.4 is 30.4 Å². The first kappa shape index (κ1) is 97.8. The number of hydrogen-bond donors (Lipinski definition) is 8. The maximum atomic E-state index is 14.6. The van der Waals surface area contributed by atoms with Crippen LogP contribution in [0.25, 0.3) is 0 Å². The summed E-state index contributed by atoms with van der Waals surface area (Å²) in [6.45, 7) is 18.4. The third kappa shape index (κ3) is 26.6. The monoisotopic (exact) mass is 1850 g/mol. The molecule has 4 fully saturated rings. The minimum absolute atomic E-state index is 0.0111. The fraction of sp³-hybridized carbons (Fsp3) is 0.605. The van der Waals surface area contributed by atoms with Crippen LogP contribution in [0.3, 0.4) is 0 Å². The number of amides is 4. The topological polar surface area (TPSA) is 417 Å². The van der Waals surface area contributed by atoms with Gasteiger partial charge in [-0.2, -0.15) is 10.6 Å². The summed E-state index contributed by atoms with van der Waals surface area (Å²) in [5, 5.41) is 65.0. The lowest BCUT2D eigenvalue weighted by Crippen LogP contribution is -2.64. The van der Waals surface area contributed by atoms with E-state index in [0.717, 1.165) is 23.7 Å². The van der Waals surface area contributed by atoms with Crippen molar-refractivity contribution in [3.8, 4) is 40.9 Å². The number of ketones is 3. The second-order valence-electron chi connectivity index (χ2n) is 31.6. The Morgan fingerprint density at radius 1 is 0.793 bits per heavy atom. The first-order valence-electron chi connectivity index (χ1n) is 40.5. The fourth-order valence-electron chi connectivity index (χ4n) is 15.0. The van der Waals surface area contributed by atoms with Gasteiger partial charge in [-0.05, 0) is 170 Å². The standard InChI is InChI=1S/C86H112IN5O26S3/c1-46-39-68(111-45-55(46)40-47(2)93)116-80-75(103)73(91-118-69-42-60(95)81(53(8)112-69)120-82(105)70-48(3)72(87)78(49(4)77(70)108-12)117-83-76(104)79(109-13)74(102)52(7)114-83)51(6)113-84(80)115-62-25-18-14-15-19-34-86(106)43-61(96)58(41-67(101)107-11)71(62)59(86)33-38-119-121-85(9,10)44-64(98)90-89-50(5)54-27-29-57(30-28-54)110-37-22-26-63(97)88-35-21-24-56(94)23-17-16-20-36-92-65(99)31-32-66(92)100/h14-15,27-33,46,51-53,55,60,62,68-69,73-76,79-81,83-84,91,95,102-104,106H,16-17,20-24,26,35-45H2,1-13H3,(H,88,97)(H,90,98)/b15-14-,59-33-,89-50+/t46?,51?,52?,53?,55?,60?,62-,68?,69?,73?,74?,75?,76?,79?,80?,81?,83?,84?,86-/m0/s1. The number of hydrogen-bond acceptors (Lipinski definition) is 31. The van der Waals surface area contributed by atoms with E-state index in [9.17, 15) is 68.7 Å². The zero-order valence-corrected chi connectivity index (χ0v) is 74.9. The molecule has 121 heavy (non-hydrogen) atoms. The Bertz CT molecular complexity index is 4330. The number of fused-ring (bicyclic) bond motifs is 2. The number of unbranched alkanes of at least 4 members (excludes halogenated alkanes) is 2. The number of carbonyl (C=O) groups excluding carboxylic acids is 9. The second kappa shape index (κ2) is 45.8. The lowest BCUT2D eigenvalue weighted by atomic mass is 9.72. The van der Waals surface area contributed by atoms with Gasteiger partial charge in [0.1, 0.15) is 65.4 Å². The number of aliphatic hydroxyl groups is 5. The van der Waals surface area contributed by atoms with Gasteiger partial charge in [-0.3, -0.25) is 48.1 Å². The smallest absolute Gasteiger partial charge is 0.310 e. The van der Waals surface area contributed by atoms with E-state index in [0.29, 0.717) is 77.8 Å². The number of aliphatic hydroxyl groups excluding tert-OH is 4. The summed E-state index contributed by atoms with van der Waals surface area (Å²) in [4.78, 5) is 124. The maximum Gasteiger partial charge on any atom is 0.310 e. The van der Waals surface area contributed by atoms with Crippen molar-refractivity contribution in [2.75, 3.05) is 53.4 Å². The average Bonchev–Trinajstić information content (AvgIpc) is 0.790. The van der Waals surface area contributed by atoms with Crippen LogP contribution in [-0.4, -0.2) is 249 Å². The van der Waals surface area contributed by atoms with E-state index in [4.69, 9.17) is 56.9 Å². The number of carbonyl (C=O) groups is 9. The highest BCUT2D eigenvalue weighted by Gasteiger charge is 2.52. The Hall–Kier alpha value is -6.96. The van der Waals surface area contributed by atoms with Crippen LogP contribution in [0, 0.1) is 52.9 Å².